The second-order valence-corrected chi connectivity index (χ2v) is 5.15. The van der Waals surface area contributed by atoms with Crippen LogP contribution in [0.25, 0.3) is 0 Å². The molecule has 0 saturated carbocycles. The fourth-order valence-electron chi connectivity index (χ4n) is 1.82. The molecule has 0 aliphatic rings. The molecule has 2 aromatic rings. The number of unbranched alkanes of at least 4 members (excludes halogenated alkanes) is 1. The Bertz CT molecular complexity index is 557. The zero-order chi connectivity index (χ0) is 13.5. The summed E-state index contributed by atoms with van der Waals surface area (Å²) < 4.78 is 3.00. The van der Waals surface area contributed by atoms with Gasteiger partial charge in [0.1, 0.15) is 6.07 Å². The van der Waals surface area contributed by atoms with Gasteiger partial charge in [-0.15, -0.1) is 0 Å². The quantitative estimate of drug-likeness (QED) is 0.830. The van der Waals surface area contributed by atoms with Crippen molar-refractivity contribution < 1.29 is 0 Å². The number of anilines is 1. The van der Waals surface area contributed by atoms with Crippen LogP contribution in [0.2, 0.25) is 0 Å². The van der Waals surface area contributed by atoms with Gasteiger partial charge in [-0.2, -0.15) is 5.26 Å². The molecule has 0 atom stereocenters. The van der Waals surface area contributed by atoms with E-state index in [-0.39, 0.29) is 0 Å². The molecule has 0 spiro atoms. The van der Waals surface area contributed by atoms with Gasteiger partial charge in [0.25, 0.3) is 0 Å². The summed E-state index contributed by atoms with van der Waals surface area (Å²) in [4.78, 5) is 4.01. The molecule has 0 saturated heterocycles. The van der Waals surface area contributed by atoms with Crippen LogP contribution in [0, 0.1) is 11.3 Å². The Hall–Kier alpha value is -1.80. The molecule has 1 N–H and O–H groups in total. The molecule has 0 aliphatic carbocycles. The number of hydrogen-bond acceptors (Lipinski definition) is 3. The van der Waals surface area contributed by atoms with Crippen LogP contribution < -0.4 is 5.32 Å². The number of aryl methyl sites for hydroxylation is 1. The van der Waals surface area contributed by atoms with Crippen molar-refractivity contribution in [2.24, 2.45) is 0 Å². The first-order chi connectivity index (χ1) is 9.29. The number of rotatable bonds is 6. The third-order valence-electron chi connectivity index (χ3n) is 2.82. The van der Waals surface area contributed by atoms with E-state index in [1.54, 1.807) is 6.20 Å². The maximum absolute atomic E-state index is 9.05. The number of imidazole rings is 1. The smallest absolute Gasteiger partial charge is 0.101 e. The van der Waals surface area contributed by atoms with Crippen molar-refractivity contribution in [1.29, 1.82) is 5.26 Å². The number of nitrogens with one attached hydrogen (secondary N) is 1. The summed E-state index contributed by atoms with van der Waals surface area (Å²) in [5.41, 5.74) is 1.57. The SMILES string of the molecule is N#Cc1cc(Br)ccc1NCCCCn1ccnc1. The van der Waals surface area contributed by atoms with Crippen molar-refractivity contribution in [3.8, 4) is 6.07 Å². The first kappa shape index (κ1) is 13.6. The Morgan fingerprint density at radius 2 is 2.26 bits per heavy atom. The summed E-state index contributed by atoms with van der Waals surface area (Å²) in [7, 11) is 0. The average Bonchev–Trinajstić information content (AvgIpc) is 2.93. The Morgan fingerprint density at radius 3 is 3.00 bits per heavy atom. The normalized spacial score (nSPS) is 10.1. The lowest BCUT2D eigenvalue weighted by Crippen LogP contribution is -2.05. The predicted octanol–water partition coefficient (Wildman–Crippen LogP) is 3.41. The number of halogens is 1. The van der Waals surface area contributed by atoms with Gasteiger partial charge in [0.05, 0.1) is 17.6 Å². The van der Waals surface area contributed by atoms with E-state index in [1.165, 1.54) is 0 Å². The van der Waals surface area contributed by atoms with Crippen LogP contribution in [0.3, 0.4) is 0 Å². The monoisotopic (exact) mass is 318 g/mol. The molecule has 5 heteroatoms. The summed E-state index contributed by atoms with van der Waals surface area (Å²) in [5, 5.41) is 12.4. The minimum Gasteiger partial charge on any atom is -0.384 e. The summed E-state index contributed by atoms with van der Waals surface area (Å²) in [6.45, 7) is 1.85. The maximum atomic E-state index is 9.05. The average molecular weight is 319 g/mol. The van der Waals surface area contributed by atoms with E-state index in [4.69, 9.17) is 5.26 Å². The lowest BCUT2D eigenvalue weighted by Gasteiger charge is -2.08. The molecule has 19 heavy (non-hydrogen) atoms. The molecule has 0 fully saturated rings. The van der Waals surface area contributed by atoms with Crippen LogP contribution in [0.4, 0.5) is 5.69 Å². The molecule has 0 amide bonds. The van der Waals surface area contributed by atoms with Crippen molar-refractivity contribution in [2.75, 3.05) is 11.9 Å². The first-order valence-electron chi connectivity index (χ1n) is 6.19. The Morgan fingerprint density at radius 1 is 1.37 bits per heavy atom. The molecule has 1 heterocycles. The third-order valence-corrected chi connectivity index (χ3v) is 3.31. The standard InChI is InChI=1S/C14H15BrN4/c15-13-3-4-14(12(9-13)10-16)18-5-1-2-7-19-8-6-17-11-19/h3-4,6,8-9,11,18H,1-2,5,7H2. The molecule has 4 nitrogen and oxygen atoms in total. The Kier molecular flexibility index (Phi) is 4.99. The van der Waals surface area contributed by atoms with Crippen molar-refractivity contribution in [3.63, 3.8) is 0 Å². The molecule has 98 valence electrons. The Labute approximate surface area is 121 Å². The van der Waals surface area contributed by atoms with Gasteiger partial charge in [0.15, 0.2) is 0 Å². The molecule has 0 unspecified atom stereocenters. The highest BCUT2D eigenvalue weighted by atomic mass is 79.9. The highest BCUT2D eigenvalue weighted by Crippen LogP contribution is 2.20. The summed E-state index contributed by atoms with van der Waals surface area (Å²) in [6, 6.07) is 7.89. The van der Waals surface area contributed by atoms with Crippen LogP contribution >= 0.6 is 15.9 Å². The van der Waals surface area contributed by atoms with E-state index in [1.807, 2.05) is 30.7 Å². The molecule has 1 aromatic carbocycles. The van der Waals surface area contributed by atoms with Crippen LogP contribution in [0.5, 0.6) is 0 Å². The zero-order valence-electron chi connectivity index (χ0n) is 10.5. The Balaban J connectivity index is 1.75. The van der Waals surface area contributed by atoms with Crippen molar-refractivity contribution >= 4 is 21.6 Å². The third kappa shape index (κ3) is 4.11. The second-order valence-electron chi connectivity index (χ2n) is 4.24. The van der Waals surface area contributed by atoms with Gasteiger partial charge < -0.3 is 9.88 Å². The number of nitrogens with zero attached hydrogens (tertiary/aromatic N) is 3. The minimum absolute atomic E-state index is 0.670. The zero-order valence-corrected chi connectivity index (χ0v) is 12.1. The van der Waals surface area contributed by atoms with Gasteiger partial charge >= 0.3 is 0 Å². The predicted molar refractivity (Wildman–Crippen MR) is 78.8 cm³/mol. The van der Waals surface area contributed by atoms with E-state index in [0.29, 0.717) is 5.56 Å². The van der Waals surface area contributed by atoms with Crippen LogP contribution in [-0.2, 0) is 6.54 Å². The first-order valence-corrected chi connectivity index (χ1v) is 6.98. The summed E-state index contributed by atoms with van der Waals surface area (Å²) >= 11 is 3.36. The van der Waals surface area contributed by atoms with Gasteiger partial charge in [-0.1, -0.05) is 15.9 Å². The molecular formula is C14H15BrN4. The van der Waals surface area contributed by atoms with Gasteiger partial charge in [0.2, 0.25) is 0 Å². The minimum atomic E-state index is 0.670. The molecule has 0 radical (unpaired) electrons. The van der Waals surface area contributed by atoms with E-state index in [0.717, 1.165) is 36.1 Å². The van der Waals surface area contributed by atoms with Gasteiger partial charge in [0, 0.05) is 30.0 Å². The lowest BCUT2D eigenvalue weighted by atomic mass is 10.2. The fraction of sp³-hybridized carbons (Fsp3) is 0.286. The number of nitriles is 1. The van der Waals surface area contributed by atoms with Crippen molar-refractivity contribution in [3.05, 3.63) is 47.0 Å². The van der Waals surface area contributed by atoms with Gasteiger partial charge in [-0.05, 0) is 31.0 Å². The topological polar surface area (TPSA) is 53.6 Å². The molecule has 2 rings (SSSR count). The molecule has 0 aliphatic heterocycles. The van der Waals surface area contributed by atoms with E-state index in [9.17, 15) is 0 Å². The van der Waals surface area contributed by atoms with Gasteiger partial charge in [-0.3, -0.25) is 0 Å². The fourth-order valence-corrected chi connectivity index (χ4v) is 2.19. The molecular weight excluding hydrogens is 304 g/mol. The van der Waals surface area contributed by atoms with Crippen molar-refractivity contribution in [2.45, 2.75) is 19.4 Å². The highest BCUT2D eigenvalue weighted by Gasteiger charge is 2.01. The van der Waals surface area contributed by atoms with Crippen molar-refractivity contribution in [1.82, 2.24) is 9.55 Å². The maximum Gasteiger partial charge on any atom is 0.101 e. The van der Waals surface area contributed by atoms with E-state index in [2.05, 4.69) is 36.9 Å². The second kappa shape index (κ2) is 6.95. The highest BCUT2D eigenvalue weighted by molar-refractivity contribution is 9.10. The van der Waals surface area contributed by atoms with Crippen LogP contribution in [0.15, 0.2) is 41.4 Å². The van der Waals surface area contributed by atoms with Gasteiger partial charge in [-0.25, -0.2) is 4.98 Å². The van der Waals surface area contributed by atoms with Crippen LogP contribution in [0.1, 0.15) is 18.4 Å². The van der Waals surface area contributed by atoms with Crippen LogP contribution in [-0.4, -0.2) is 16.1 Å². The summed E-state index contributed by atoms with van der Waals surface area (Å²) in [5.74, 6) is 0. The number of benzene rings is 1. The number of aromatic nitrogens is 2. The lowest BCUT2D eigenvalue weighted by molar-refractivity contribution is 0.621. The summed E-state index contributed by atoms with van der Waals surface area (Å²) in [6.07, 6.45) is 7.73. The largest absolute Gasteiger partial charge is 0.384 e. The molecule has 1 aromatic heterocycles. The van der Waals surface area contributed by atoms with E-state index >= 15 is 0 Å². The number of hydrogen-bond donors (Lipinski definition) is 1. The molecule has 0 bridgehead atoms. The van der Waals surface area contributed by atoms with E-state index < -0.39 is 0 Å².